The molecule has 0 aliphatic heterocycles. The Kier molecular flexibility index (Phi) is 8.88. The molecule has 1 aromatic rings. The molecule has 1 atom stereocenters. The molecule has 1 aromatic carbocycles. The van der Waals surface area contributed by atoms with Gasteiger partial charge in [-0.2, -0.15) is 0 Å². The van der Waals surface area contributed by atoms with Crippen molar-refractivity contribution in [3.05, 3.63) is 34.6 Å². The van der Waals surface area contributed by atoms with Crippen LogP contribution >= 0.6 is 11.6 Å². The van der Waals surface area contributed by atoms with Crippen molar-refractivity contribution >= 4 is 11.6 Å². The largest absolute Gasteiger partial charge is 0.310 e. The molecular weight excluding hydrogens is 273 g/mol. The molecule has 0 aliphatic rings. The standard InChI is InChI=1S/C17H27ClFN/c1-3-5-6-7-8-9-10-17(20-4-2)15-12-11-14(18)13-16(15)19/h11-13,17,20H,3-10H2,1-2H3. The van der Waals surface area contributed by atoms with Gasteiger partial charge >= 0.3 is 0 Å². The third kappa shape index (κ3) is 6.23. The zero-order valence-electron chi connectivity index (χ0n) is 12.7. The average Bonchev–Trinajstić information content (AvgIpc) is 2.42. The average molecular weight is 300 g/mol. The predicted molar refractivity (Wildman–Crippen MR) is 85.8 cm³/mol. The number of nitrogens with one attached hydrogen (secondary N) is 1. The molecule has 1 rings (SSSR count). The van der Waals surface area contributed by atoms with Crippen LogP contribution in [-0.2, 0) is 0 Å². The van der Waals surface area contributed by atoms with Crippen molar-refractivity contribution in [3.8, 4) is 0 Å². The fourth-order valence-electron chi connectivity index (χ4n) is 2.53. The summed E-state index contributed by atoms with van der Waals surface area (Å²) in [7, 11) is 0. The molecule has 114 valence electrons. The monoisotopic (exact) mass is 299 g/mol. The highest BCUT2D eigenvalue weighted by Crippen LogP contribution is 2.25. The number of hydrogen-bond donors (Lipinski definition) is 1. The molecule has 0 fully saturated rings. The summed E-state index contributed by atoms with van der Waals surface area (Å²) in [5.41, 5.74) is 0.741. The van der Waals surface area contributed by atoms with E-state index in [9.17, 15) is 4.39 Å². The third-order valence-electron chi connectivity index (χ3n) is 3.63. The maximum absolute atomic E-state index is 14.0. The van der Waals surface area contributed by atoms with E-state index in [0.717, 1.165) is 24.9 Å². The normalized spacial score (nSPS) is 12.6. The molecule has 0 heterocycles. The Bertz CT molecular complexity index is 381. The van der Waals surface area contributed by atoms with E-state index in [1.165, 1.54) is 38.2 Å². The minimum atomic E-state index is -0.200. The van der Waals surface area contributed by atoms with Gasteiger partial charge in [0.2, 0.25) is 0 Å². The molecule has 3 heteroatoms. The maximum Gasteiger partial charge on any atom is 0.129 e. The van der Waals surface area contributed by atoms with E-state index in [0.29, 0.717) is 5.02 Å². The smallest absolute Gasteiger partial charge is 0.129 e. The van der Waals surface area contributed by atoms with Gasteiger partial charge in [-0.25, -0.2) is 4.39 Å². The molecule has 0 spiro atoms. The van der Waals surface area contributed by atoms with Gasteiger partial charge in [0.1, 0.15) is 5.82 Å². The van der Waals surface area contributed by atoms with Crippen LogP contribution < -0.4 is 5.32 Å². The predicted octanol–water partition coefficient (Wildman–Crippen LogP) is 5.88. The first-order valence-electron chi connectivity index (χ1n) is 7.87. The Balaban J connectivity index is 2.47. The van der Waals surface area contributed by atoms with E-state index in [1.54, 1.807) is 6.07 Å². The highest BCUT2D eigenvalue weighted by Gasteiger charge is 2.14. The second-order valence-electron chi connectivity index (χ2n) is 5.33. The lowest BCUT2D eigenvalue weighted by molar-refractivity contribution is 0.458. The van der Waals surface area contributed by atoms with E-state index < -0.39 is 0 Å². The summed E-state index contributed by atoms with van der Waals surface area (Å²) in [4.78, 5) is 0. The molecule has 1 N–H and O–H groups in total. The zero-order valence-corrected chi connectivity index (χ0v) is 13.5. The van der Waals surface area contributed by atoms with Crippen molar-refractivity contribution in [1.82, 2.24) is 5.32 Å². The van der Waals surface area contributed by atoms with Gasteiger partial charge in [0.25, 0.3) is 0 Å². The highest BCUT2D eigenvalue weighted by molar-refractivity contribution is 6.30. The van der Waals surface area contributed by atoms with Crippen molar-refractivity contribution in [2.45, 2.75) is 64.8 Å². The van der Waals surface area contributed by atoms with Gasteiger partial charge in [-0.05, 0) is 25.1 Å². The Morgan fingerprint density at radius 3 is 2.45 bits per heavy atom. The molecule has 0 bridgehead atoms. The Morgan fingerprint density at radius 2 is 1.80 bits per heavy atom. The first kappa shape index (κ1) is 17.5. The summed E-state index contributed by atoms with van der Waals surface area (Å²) in [6, 6.07) is 5.08. The number of halogens is 2. The fraction of sp³-hybridized carbons (Fsp3) is 0.647. The molecule has 1 unspecified atom stereocenters. The minimum absolute atomic E-state index is 0.100. The molecule has 1 nitrogen and oxygen atoms in total. The molecule has 0 radical (unpaired) electrons. The van der Waals surface area contributed by atoms with Gasteiger partial charge in [-0.1, -0.05) is 70.0 Å². The Morgan fingerprint density at radius 1 is 1.10 bits per heavy atom. The van der Waals surface area contributed by atoms with Crippen LogP contribution in [0.25, 0.3) is 0 Å². The number of hydrogen-bond acceptors (Lipinski definition) is 1. The van der Waals surface area contributed by atoms with Crippen molar-refractivity contribution in [1.29, 1.82) is 0 Å². The van der Waals surface area contributed by atoms with Crippen LogP contribution in [0.1, 0.15) is 70.4 Å². The first-order chi connectivity index (χ1) is 9.69. The quantitative estimate of drug-likeness (QED) is 0.532. The van der Waals surface area contributed by atoms with E-state index in [2.05, 4.69) is 19.2 Å². The molecule has 0 saturated carbocycles. The first-order valence-corrected chi connectivity index (χ1v) is 8.25. The van der Waals surface area contributed by atoms with Gasteiger partial charge in [0.05, 0.1) is 0 Å². The second-order valence-corrected chi connectivity index (χ2v) is 5.77. The molecule has 0 saturated heterocycles. The van der Waals surface area contributed by atoms with Crippen LogP contribution in [0.3, 0.4) is 0 Å². The van der Waals surface area contributed by atoms with E-state index >= 15 is 0 Å². The van der Waals surface area contributed by atoms with Gasteiger partial charge in [0.15, 0.2) is 0 Å². The van der Waals surface area contributed by atoms with E-state index in [4.69, 9.17) is 11.6 Å². The SMILES string of the molecule is CCCCCCCCC(NCC)c1ccc(Cl)cc1F. The molecule has 0 aliphatic carbocycles. The highest BCUT2D eigenvalue weighted by atomic mass is 35.5. The summed E-state index contributed by atoms with van der Waals surface area (Å²) in [6.07, 6.45) is 8.56. The van der Waals surface area contributed by atoms with Crippen LogP contribution in [0.4, 0.5) is 4.39 Å². The van der Waals surface area contributed by atoms with Crippen LogP contribution in [0.5, 0.6) is 0 Å². The third-order valence-corrected chi connectivity index (χ3v) is 3.87. The topological polar surface area (TPSA) is 12.0 Å². The maximum atomic E-state index is 14.0. The fourth-order valence-corrected chi connectivity index (χ4v) is 2.69. The summed E-state index contributed by atoms with van der Waals surface area (Å²) in [5, 5.41) is 3.84. The van der Waals surface area contributed by atoms with E-state index in [1.807, 2.05) is 6.07 Å². The Hall–Kier alpha value is -0.600. The number of unbranched alkanes of at least 4 members (excludes halogenated alkanes) is 5. The van der Waals surface area contributed by atoms with Crippen LogP contribution in [0, 0.1) is 5.82 Å². The summed E-state index contributed by atoms with van der Waals surface area (Å²) in [5.74, 6) is -0.200. The van der Waals surface area contributed by atoms with Crippen LogP contribution in [0.15, 0.2) is 18.2 Å². The van der Waals surface area contributed by atoms with Crippen molar-refractivity contribution in [2.75, 3.05) is 6.54 Å². The van der Waals surface area contributed by atoms with Crippen molar-refractivity contribution in [3.63, 3.8) is 0 Å². The number of benzene rings is 1. The second kappa shape index (κ2) is 10.2. The molecule has 0 amide bonds. The summed E-state index contributed by atoms with van der Waals surface area (Å²) < 4.78 is 14.0. The summed E-state index contributed by atoms with van der Waals surface area (Å²) in [6.45, 7) is 5.13. The molecular formula is C17H27ClFN. The van der Waals surface area contributed by atoms with Gasteiger partial charge < -0.3 is 5.32 Å². The lowest BCUT2D eigenvalue weighted by Gasteiger charge is -2.19. The lowest BCUT2D eigenvalue weighted by atomic mass is 9.99. The zero-order chi connectivity index (χ0) is 14.8. The lowest BCUT2D eigenvalue weighted by Crippen LogP contribution is -2.21. The van der Waals surface area contributed by atoms with Gasteiger partial charge in [0, 0.05) is 16.6 Å². The van der Waals surface area contributed by atoms with Gasteiger partial charge in [-0.15, -0.1) is 0 Å². The summed E-state index contributed by atoms with van der Waals surface area (Å²) >= 11 is 5.81. The van der Waals surface area contributed by atoms with Crippen LogP contribution in [-0.4, -0.2) is 6.54 Å². The van der Waals surface area contributed by atoms with Crippen molar-refractivity contribution in [2.24, 2.45) is 0 Å². The molecule has 20 heavy (non-hydrogen) atoms. The molecule has 0 aromatic heterocycles. The number of rotatable bonds is 10. The van der Waals surface area contributed by atoms with Gasteiger partial charge in [-0.3, -0.25) is 0 Å². The van der Waals surface area contributed by atoms with E-state index in [-0.39, 0.29) is 11.9 Å². The van der Waals surface area contributed by atoms with Crippen molar-refractivity contribution < 1.29 is 4.39 Å². The Labute approximate surface area is 127 Å². The van der Waals surface area contributed by atoms with Crippen LogP contribution in [0.2, 0.25) is 5.02 Å². The minimum Gasteiger partial charge on any atom is -0.310 e.